The number of aromatic nitrogens is 2. The molecule has 1 aliphatic carbocycles. The Kier molecular flexibility index (Phi) is 3.21. The maximum Gasteiger partial charge on any atom is 0.202 e. The topological polar surface area (TPSA) is 63.8 Å². The monoisotopic (exact) mass is 226 g/mol. The van der Waals surface area contributed by atoms with E-state index in [-0.39, 0.29) is 0 Å². The average Bonchev–Trinajstić information content (AvgIpc) is 2.86. The van der Waals surface area contributed by atoms with E-state index in [1.165, 1.54) is 24.4 Å². The molecule has 0 radical (unpaired) electrons. The molecular weight excluding hydrogens is 208 g/mol. The van der Waals surface area contributed by atoms with E-state index in [0.29, 0.717) is 5.41 Å². The zero-order valence-corrected chi connectivity index (χ0v) is 9.94. The predicted molar refractivity (Wildman–Crippen MR) is 63.1 cm³/mol. The van der Waals surface area contributed by atoms with Crippen molar-refractivity contribution in [3.8, 4) is 0 Å². The molecule has 4 nitrogen and oxygen atoms in total. The van der Waals surface area contributed by atoms with E-state index in [4.69, 9.17) is 5.73 Å². The largest absolute Gasteiger partial charge is 0.360 e. The molecule has 15 heavy (non-hydrogen) atoms. The summed E-state index contributed by atoms with van der Waals surface area (Å²) in [4.78, 5) is 4.38. The van der Waals surface area contributed by atoms with Gasteiger partial charge in [-0.05, 0) is 31.2 Å². The predicted octanol–water partition coefficient (Wildman–Crippen LogP) is 1.64. The number of nitrogens with two attached hydrogens (primary N) is 1. The van der Waals surface area contributed by atoms with Gasteiger partial charge in [-0.25, -0.2) is 4.98 Å². The summed E-state index contributed by atoms with van der Waals surface area (Å²) >= 11 is 1.46. The van der Waals surface area contributed by atoms with Gasteiger partial charge in [0.2, 0.25) is 5.13 Å². The van der Waals surface area contributed by atoms with Crippen molar-refractivity contribution in [3.63, 3.8) is 0 Å². The SMILES string of the molecule is CCc1nsc(NCC2(CCN)CC2)n1. The maximum atomic E-state index is 5.60. The van der Waals surface area contributed by atoms with Gasteiger partial charge in [-0.1, -0.05) is 6.92 Å². The van der Waals surface area contributed by atoms with Crippen LogP contribution in [0.25, 0.3) is 0 Å². The number of rotatable bonds is 6. The zero-order chi connectivity index (χ0) is 10.7. The minimum atomic E-state index is 0.465. The molecule has 0 atom stereocenters. The fourth-order valence-electron chi connectivity index (χ4n) is 1.73. The van der Waals surface area contributed by atoms with Gasteiger partial charge in [0.15, 0.2) is 0 Å². The Labute approximate surface area is 94.5 Å². The molecule has 1 fully saturated rings. The van der Waals surface area contributed by atoms with E-state index in [1.807, 2.05) is 0 Å². The van der Waals surface area contributed by atoms with Gasteiger partial charge in [-0.2, -0.15) is 4.37 Å². The first-order valence-corrected chi connectivity index (χ1v) is 6.32. The van der Waals surface area contributed by atoms with E-state index in [2.05, 4.69) is 21.6 Å². The summed E-state index contributed by atoms with van der Waals surface area (Å²) in [7, 11) is 0. The fraction of sp³-hybridized carbons (Fsp3) is 0.800. The van der Waals surface area contributed by atoms with Crippen molar-refractivity contribution in [2.24, 2.45) is 11.1 Å². The number of anilines is 1. The van der Waals surface area contributed by atoms with Gasteiger partial charge >= 0.3 is 0 Å². The molecule has 0 amide bonds. The highest BCUT2D eigenvalue weighted by Crippen LogP contribution is 2.48. The minimum Gasteiger partial charge on any atom is -0.360 e. The molecule has 1 aliphatic rings. The Morgan fingerprint density at radius 1 is 1.53 bits per heavy atom. The molecule has 0 unspecified atom stereocenters. The first-order chi connectivity index (χ1) is 7.28. The molecule has 1 aromatic rings. The smallest absolute Gasteiger partial charge is 0.202 e. The molecule has 5 heteroatoms. The molecule has 84 valence electrons. The highest BCUT2D eigenvalue weighted by molar-refractivity contribution is 7.09. The summed E-state index contributed by atoms with van der Waals surface area (Å²) < 4.78 is 4.25. The van der Waals surface area contributed by atoms with Crippen LogP contribution in [0.3, 0.4) is 0 Å². The normalized spacial score (nSPS) is 17.7. The van der Waals surface area contributed by atoms with E-state index < -0.39 is 0 Å². The average molecular weight is 226 g/mol. The highest BCUT2D eigenvalue weighted by atomic mass is 32.1. The van der Waals surface area contributed by atoms with Crippen molar-refractivity contribution >= 4 is 16.7 Å². The van der Waals surface area contributed by atoms with Crippen molar-refractivity contribution < 1.29 is 0 Å². The third kappa shape index (κ3) is 2.66. The first-order valence-electron chi connectivity index (χ1n) is 5.54. The van der Waals surface area contributed by atoms with Crippen LogP contribution in [0.4, 0.5) is 5.13 Å². The third-order valence-corrected chi connectivity index (χ3v) is 3.74. The van der Waals surface area contributed by atoms with Crippen molar-refractivity contribution in [2.75, 3.05) is 18.4 Å². The van der Waals surface area contributed by atoms with Gasteiger partial charge in [-0.15, -0.1) is 0 Å². The van der Waals surface area contributed by atoms with Gasteiger partial charge in [0.05, 0.1) is 0 Å². The van der Waals surface area contributed by atoms with Crippen LogP contribution in [0.15, 0.2) is 0 Å². The van der Waals surface area contributed by atoms with E-state index >= 15 is 0 Å². The van der Waals surface area contributed by atoms with Crippen molar-refractivity contribution in [2.45, 2.75) is 32.6 Å². The van der Waals surface area contributed by atoms with Crippen LogP contribution in [0.1, 0.15) is 32.0 Å². The third-order valence-electron chi connectivity index (χ3n) is 3.03. The summed E-state index contributed by atoms with van der Waals surface area (Å²) in [6.45, 7) is 3.86. The number of hydrogen-bond donors (Lipinski definition) is 2. The van der Waals surface area contributed by atoms with Gasteiger partial charge < -0.3 is 11.1 Å². The second kappa shape index (κ2) is 4.45. The lowest BCUT2D eigenvalue weighted by Gasteiger charge is -2.13. The van der Waals surface area contributed by atoms with Crippen LogP contribution in [0.5, 0.6) is 0 Å². The van der Waals surface area contributed by atoms with Crippen molar-refractivity contribution in [3.05, 3.63) is 5.82 Å². The Bertz CT molecular complexity index is 319. The lowest BCUT2D eigenvalue weighted by molar-refractivity contribution is 0.501. The lowest BCUT2D eigenvalue weighted by Crippen LogP contribution is -2.19. The van der Waals surface area contributed by atoms with E-state index in [1.54, 1.807) is 0 Å². The summed E-state index contributed by atoms with van der Waals surface area (Å²) in [5, 5.41) is 4.33. The molecule has 1 saturated carbocycles. The van der Waals surface area contributed by atoms with Crippen LogP contribution < -0.4 is 11.1 Å². The number of nitrogens with zero attached hydrogens (tertiary/aromatic N) is 2. The number of aryl methyl sites for hydroxylation is 1. The molecule has 2 rings (SSSR count). The molecular formula is C10H18N4S. The van der Waals surface area contributed by atoms with Gasteiger partial charge in [-0.3, -0.25) is 0 Å². The Morgan fingerprint density at radius 3 is 2.87 bits per heavy atom. The van der Waals surface area contributed by atoms with Crippen LogP contribution in [-0.4, -0.2) is 22.4 Å². The lowest BCUT2D eigenvalue weighted by atomic mass is 10.0. The molecule has 0 spiro atoms. The van der Waals surface area contributed by atoms with Crippen LogP contribution in [-0.2, 0) is 6.42 Å². The standard InChI is InChI=1S/C10H18N4S/c1-2-8-13-9(15-14-8)12-7-10(3-4-10)5-6-11/h2-7,11H2,1H3,(H,12,13,14). The highest BCUT2D eigenvalue weighted by Gasteiger charge is 2.41. The van der Waals surface area contributed by atoms with Gasteiger partial charge in [0, 0.05) is 24.5 Å². The number of nitrogens with one attached hydrogen (secondary N) is 1. The van der Waals surface area contributed by atoms with Gasteiger partial charge in [0.1, 0.15) is 5.82 Å². The first kappa shape index (κ1) is 10.8. The molecule has 0 bridgehead atoms. The molecule has 1 aromatic heterocycles. The zero-order valence-electron chi connectivity index (χ0n) is 9.12. The summed E-state index contributed by atoms with van der Waals surface area (Å²) in [5.74, 6) is 0.936. The number of hydrogen-bond acceptors (Lipinski definition) is 5. The van der Waals surface area contributed by atoms with Crippen LogP contribution in [0, 0.1) is 5.41 Å². The maximum absolute atomic E-state index is 5.60. The second-order valence-electron chi connectivity index (χ2n) is 4.26. The summed E-state index contributed by atoms with van der Waals surface area (Å²) in [5.41, 5.74) is 6.06. The molecule has 0 aromatic carbocycles. The van der Waals surface area contributed by atoms with Crippen LogP contribution >= 0.6 is 11.5 Å². The Hall–Kier alpha value is -0.680. The minimum absolute atomic E-state index is 0.465. The van der Waals surface area contributed by atoms with Gasteiger partial charge in [0.25, 0.3) is 0 Å². The summed E-state index contributed by atoms with van der Waals surface area (Å²) in [6.07, 6.45) is 4.64. The Balaban J connectivity index is 1.82. The van der Waals surface area contributed by atoms with Crippen LogP contribution in [0.2, 0.25) is 0 Å². The fourth-order valence-corrected chi connectivity index (χ4v) is 2.38. The summed E-state index contributed by atoms with van der Waals surface area (Å²) in [6, 6.07) is 0. The Morgan fingerprint density at radius 2 is 2.33 bits per heavy atom. The van der Waals surface area contributed by atoms with E-state index in [9.17, 15) is 0 Å². The van der Waals surface area contributed by atoms with Crippen molar-refractivity contribution in [1.29, 1.82) is 0 Å². The molecule has 3 N–H and O–H groups in total. The molecule has 0 aliphatic heterocycles. The molecule has 0 saturated heterocycles. The molecule has 1 heterocycles. The van der Waals surface area contributed by atoms with E-state index in [0.717, 1.165) is 36.9 Å². The van der Waals surface area contributed by atoms with Crippen molar-refractivity contribution in [1.82, 2.24) is 9.36 Å². The quantitative estimate of drug-likeness (QED) is 0.774. The second-order valence-corrected chi connectivity index (χ2v) is 5.01.